The van der Waals surface area contributed by atoms with Crippen molar-refractivity contribution in [1.29, 1.82) is 0 Å². The molecule has 124 valence electrons. The molecule has 0 aliphatic heterocycles. The Bertz CT molecular complexity index is 727. The van der Waals surface area contributed by atoms with Gasteiger partial charge in [-0.2, -0.15) is 0 Å². The van der Waals surface area contributed by atoms with Crippen LogP contribution in [0, 0.1) is 11.6 Å². The van der Waals surface area contributed by atoms with E-state index in [1.54, 1.807) is 0 Å². The van der Waals surface area contributed by atoms with Gasteiger partial charge >= 0.3 is 137 Å². The Morgan fingerprint density at radius 3 is 1.43 bits per heavy atom. The summed E-state index contributed by atoms with van der Waals surface area (Å²) < 4.78 is 91.0. The summed E-state index contributed by atoms with van der Waals surface area (Å²) in [6.45, 7) is 0. The third kappa shape index (κ3) is 4.46. The molecule has 0 heterocycles. The first-order valence-electron chi connectivity index (χ1n) is 5.92. The molecule has 0 amide bonds. The standard InChI is InChI=1S/2C6H4F.CHF3O3S.Bi/c2*7-6-4-2-1-3-5-6;2-1(3,4)8(5,6)7;/h2*2-5H;(H,5,6,7);/q;;;+1/p-1. The van der Waals surface area contributed by atoms with E-state index in [2.05, 4.69) is 2.26 Å². The Morgan fingerprint density at radius 2 is 1.13 bits per heavy atom. The first kappa shape index (κ1) is 18.2. The van der Waals surface area contributed by atoms with Crippen LogP contribution in [0.1, 0.15) is 0 Å². The van der Waals surface area contributed by atoms with Crippen LogP contribution in [0.25, 0.3) is 0 Å². The van der Waals surface area contributed by atoms with Gasteiger partial charge in [0.05, 0.1) is 0 Å². The normalized spacial score (nSPS) is 12.6. The molecule has 2 aromatic carbocycles. The van der Waals surface area contributed by atoms with Crippen LogP contribution in [0.15, 0.2) is 48.5 Å². The van der Waals surface area contributed by atoms with Gasteiger partial charge < -0.3 is 0 Å². The van der Waals surface area contributed by atoms with E-state index < -0.39 is 49.5 Å². The Hall–Kier alpha value is -1.12. The minimum atomic E-state index is -5.81. The van der Waals surface area contributed by atoms with Crippen LogP contribution in [0.2, 0.25) is 0 Å². The zero-order chi connectivity index (χ0) is 17.3. The maximum absolute atomic E-state index is 13.0. The number of benzene rings is 2. The molecule has 23 heavy (non-hydrogen) atoms. The predicted molar refractivity (Wildman–Crippen MR) is 73.9 cm³/mol. The van der Waals surface area contributed by atoms with Crippen LogP contribution in [-0.2, 0) is 12.4 Å². The molecule has 0 radical (unpaired) electrons. The van der Waals surface area contributed by atoms with E-state index in [0.29, 0.717) is 0 Å². The van der Waals surface area contributed by atoms with Gasteiger partial charge in [-0.3, -0.25) is 0 Å². The first-order valence-corrected chi connectivity index (χ1v) is 12.2. The van der Waals surface area contributed by atoms with E-state index in [1.165, 1.54) is 24.3 Å². The van der Waals surface area contributed by atoms with E-state index >= 15 is 0 Å². The van der Waals surface area contributed by atoms with E-state index in [4.69, 9.17) is 0 Å². The van der Waals surface area contributed by atoms with Crippen LogP contribution in [0.4, 0.5) is 22.0 Å². The predicted octanol–water partition coefficient (Wildman–Crippen LogP) is 1.94. The molecule has 2 rings (SSSR count). The van der Waals surface area contributed by atoms with Crippen molar-refractivity contribution in [3.8, 4) is 0 Å². The Morgan fingerprint density at radius 1 is 0.783 bits per heavy atom. The van der Waals surface area contributed by atoms with Gasteiger partial charge in [0.2, 0.25) is 0 Å². The second-order valence-electron chi connectivity index (χ2n) is 4.22. The average Bonchev–Trinajstić information content (AvgIpc) is 2.46. The Balaban J connectivity index is 2.48. The van der Waals surface area contributed by atoms with Crippen LogP contribution < -0.4 is 6.54 Å². The summed E-state index contributed by atoms with van der Waals surface area (Å²) in [6.07, 6.45) is 0. The summed E-state index contributed by atoms with van der Waals surface area (Å²) in [6, 6.07) is 8.64. The fraction of sp³-hybridized carbons (Fsp3) is 0.0769. The van der Waals surface area contributed by atoms with Crippen molar-refractivity contribution in [3.63, 3.8) is 0 Å². The van der Waals surface area contributed by atoms with Gasteiger partial charge in [0.15, 0.2) is 0 Å². The number of hydrogen-bond donors (Lipinski definition) is 0. The third-order valence-corrected chi connectivity index (χ3v) is 13.5. The molecule has 0 N–H and O–H groups in total. The zero-order valence-electron chi connectivity index (χ0n) is 11.1. The molecule has 0 unspecified atom stereocenters. The van der Waals surface area contributed by atoms with Crippen LogP contribution in [0.5, 0.6) is 0 Å². The number of halogens is 5. The fourth-order valence-corrected chi connectivity index (χ4v) is 11.7. The van der Waals surface area contributed by atoms with Crippen molar-refractivity contribution in [1.82, 2.24) is 0 Å². The molecule has 0 spiro atoms. The van der Waals surface area contributed by atoms with Gasteiger partial charge in [-0.25, -0.2) is 0 Å². The molecular weight excluding hydrogens is 540 g/mol. The van der Waals surface area contributed by atoms with Crippen LogP contribution >= 0.6 is 0 Å². The Kier molecular flexibility index (Phi) is 5.38. The van der Waals surface area contributed by atoms with E-state index in [-0.39, 0.29) is 6.54 Å². The molecular formula is C13H8BiF5O3S. The quantitative estimate of drug-likeness (QED) is 0.334. The van der Waals surface area contributed by atoms with Crippen molar-refractivity contribution in [3.05, 3.63) is 60.2 Å². The number of alkyl halides is 3. The van der Waals surface area contributed by atoms with Crippen molar-refractivity contribution in [2.75, 3.05) is 0 Å². The molecule has 3 nitrogen and oxygen atoms in total. The van der Waals surface area contributed by atoms with Gasteiger partial charge in [-0.15, -0.1) is 0 Å². The molecule has 0 bridgehead atoms. The van der Waals surface area contributed by atoms with Crippen molar-refractivity contribution >= 4 is 38.9 Å². The molecule has 0 fully saturated rings. The van der Waals surface area contributed by atoms with Gasteiger partial charge in [-0.1, -0.05) is 0 Å². The third-order valence-electron chi connectivity index (χ3n) is 2.58. The van der Waals surface area contributed by atoms with Crippen LogP contribution in [-0.4, -0.2) is 36.1 Å². The van der Waals surface area contributed by atoms with Gasteiger partial charge in [0.25, 0.3) is 0 Å². The van der Waals surface area contributed by atoms with Crippen LogP contribution in [0.3, 0.4) is 0 Å². The molecule has 0 aliphatic carbocycles. The molecule has 2 aromatic rings. The molecule has 10 heteroatoms. The monoisotopic (exact) mass is 548 g/mol. The number of hydrogen-bond acceptors (Lipinski definition) is 3. The fourth-order valence-electron chi connectivity index (χ4n) is 1.53. The summed E-state index contributed by atoms with van der Waals surface area (Å²) in [4.78, 5) is 0. The molecule has 0 aromatic heterocycles. The van der Waals surface area contributed by atoms with Gasteiger partial charge in [0.1, 0.15) is 0 Å². The average molecular weight is 548 g/mol. The second-order valence-corrected chi connectivity index (χ2v) is 13.8. The molecule has 0 atom stereocenters. The summed E-state index contributed by atoms with van der Waals surface area (Å²) in [5.41, 5.74) is -5.57. The summed E-state index contributed by atoms with van der Waals surface area (Å²) in [5.74, 6) is -1.26. The second kappa shape index (κ2) is 6.78. The summed E-state index contributed by atoms with van der Waals surface area (Å²) in [5, 5.41) is 0. The minimum absolute atomic E-state index is 0.167. The summed E-state index contributed by atoms with van der Waals surface area (Å²) in [7, 11) is -5.81. The van der Waals surface area contributed by atoms with E-state index in [0.717, 1.165) is 24.3 Å². The van der Waals surface area contributed by atoms with E-state index in [9.17, 15) is 30.4 Å². The van der Waals surface area contributed by atoms with Crippen molar-refractivity contribution in [2.24, 2.45) is 0 Å². The van der Waals surface area contributed by atoms with Gasteiger partial charge in [-0.05, 0) is 0 Å². The topological polar surface area (TPSA) is 43.4 Å². The zero-order valence-corrected chi connectivity index (χ0v) is 15.4. The molecule has 0 aliphatic rings. The van der Waals surface area contributed by atoms with Crippen molar-refractivity contribution < 1.29 is 32.6 Å². The maximum atomic E-state index is 13.0. The molecule has 0 saturated carbocycles. The van der Waals surface area contributed by atoms with Gasteiger partial charge in [0, 0.05) is 0 Å². The first-order chi connectivity index (χ1) is 10.6. The van der Waals surface area contributed by atoms with Crippen molar-refractivity contribution in [2.45, 2.75) is 5.51 Å². The summed E-state index contributed by atoms with van der Waals surface area (Å²) >= 11 is -4.14. The molecule has 0 saturated heterocycles. The van der Waals surface area contributed by atoms with E-state index in [1.807, 2.05) is 0 Å². The SMILES string of the molecule is O=S(=O)([O][Bi]([c]1ccc(F)cc1)[c]1ccc(F)cc1)C(F)(F)F. The Labute approximate surface area is 137 Å². The number of rotatable bonds is 4.